The highest BCUT2D eigenvalue weighted by Crippen LogP contribution is 1.97. The van der Waals surface area contributed by atoms with Crippen molar-refractivity contribution in [2.75, 3.05) is 6.61 Å². The minimum Gasteiger partial charge on any atom is -0.392 e. The van der Waals surface area contributed by atoms with Gasteiger partial charge in [0, 0.05) is 0 Å². The topological polar surface area (TPSA) is 20.2 Å². The lowest BCUT2D eigenvalue weighted by molar-refractivity contribution is 0.343. The third kappa shape index (κ3) is 9.30. The molecule has 2 heteroatoms. The van der Waals surface area contributed by atoms with Crippen molar-refractivity contribution in [3.8, 4) is 0 Å². The van der Waals surface area contributed by atoms with Gasteiger partial charge >= 0.3 is 0 Å². The Hall–Kier alpha value is -0.610. The maximum absolute atomic E-state index is 7.76. The highest BCUT2D eigenvalue weighted by atomic mass is 127. The molecule has 0 heterocycles. The van der Waals surface area contributed by atoms with Crippen molar-refractivity contribution >= 4 is 30.1 Å². The lowest BCUT2D eigenvalue weighted by Crippen LogP contribution is -1.63. The Morgan fingerprint density at radius 2 is 1.62 bits per heavy atom. The van der Waals surface area contributed by atoms with Gasteiger partial charge in [-0.15, -0.1) is 30.6 Å². The highest BCUT2D eigenvalue weighted by molar-refractivity contribution is 14.0. The van der Waals surface area contributed by atoms with Crippen LogP contribution in [-0.2, 0) is 0 Å². The fourth-order valence-corrected chi connectivity index (χ4v) is 0.589. The molecular weight excluding hydrogens is 275 g/mol. The SMILES string of the molecule is C=CCO.C=Cc1ccccc1.I. The molecule has 0 fully saturated rings. The predicted octanol–water partition coefficient (Wildman–Crippen LogP) is 3.11. The van der Waals surface area contributed by atoms with Gasteiger partial charge in [-0.3, -0.25) is 0 Å². The van der Waals surface area contributed by atoms with Gasteiger partial charge in [-0.05, 0) is 5.56 Å². The number of hydrogen-bond acceptors (Lipinski definition) is 1. The molecule has 1 aromatic carbocycles. The van der Waals surface area contributed by atoms with Crippen LogP contribution in [0.3, 0.4) is 0 Å². The quantitative estimate of drug-likeness (QED) is 0.655. The molecule has 0 radical (unpaired) electrons. The van der Waals surface area contributed by atoms with E-state index in [0.29, 0.717) is 0 Å². The Bertz CT molecular complexity index is 219. The molecule has 0 saturated carbocycles. The van der Waals surface area contributed by atoms with E-state index < -0.39 is 0 Å². The molecule has 0 amide bonds. The van der Waals surface area contributed by atoms with Crippen LogP contribution in [0.5, 0.6) is 0 Å². The maximum Gasteiger partial charge on any atom is 0.0609 e. The number of rotatable bonds is 2. The van der Waals surface area contributed by atoms with Crippen molar-refractivity contribution in [1.29, 1.82) is 0 Å². The summed E-state index contributed by atoms with van der Waals surface area (Å²) in [5.74, 6) is 0. The lowest BCUT2D eigenvalue weighted by Gasteiger charge is -1.85. The normalized spacial score (nSPS) is 7.15. The first-order chi connectivity index (χ1) is 5.85. The predicted molar refractivity (Wildman–Crippen MR) is 69.2 cm³/mol. The van der Waals surface area contributed by atoms with Crippen LogP contribution in [0.25, 0.3) is 6.08 Å². The average molecular weight is 290 g/mol. The maximum atomic E-state index is 7.76. The Morgan fingerprint density at radius 1 is 1.15 bits per heavy atom. The van der Waals surface area contributed by atoms with Gasteiger partial charge in [0.1, 0.15) is 0 Å². The van der Waals surface area contributed by atoms with Crippen molar-refractivity contribution in [2.24, 2.45) is 0 Å². The largest absolute Gasteiger partial charge is 0.392 e. The molecule has 0 aliphatic heterocycles. The lowest BCUT2D eigenvalue weighted by atomic mass is 10.2. The first kappa shape index (κ1) is 14.9. The molecule has 0 saturated heterocycles. The standard InChI is InChI=1S/C8H8.C3H6O.HI/c1-2-8-6-4-3-5-7-8;1-2-3-4;/h2-7H,1H2;2,4H,1,3H2;1H. The number of halogens is 1. The first-order valence-electron chi connectivity index (χ1n) is 3.74. The molecule has 1 nitrogen and oxygen atoms in total. The smallest absolute Gasteiger partial charge is 0.0609 e. The average Bonchev–Trinajstić information content (AvgIpc) is 2.19. The Kier molecular flexibility index (Phi) is 13.0. The van der Waals surface area contributed by atoms with Crippen LogP contribution >= 0.6 is 24.0 Å². The summed E-state index contributed by atoms with van der Waals surface area (Å²) in [7, 11) is 0. The zero-order chi connectivity index (χ0) is 9.23. The van der Waals surface area contributed by atoms with Crippen molar-refractivity contribution in [3.05, 3.63) is 55.1 Å². The van der Waals surface area contributed by atoms with E-state index in [2.05, 4.69) is 13.2 Å². The van der Waals surface area contributed by atoms with E-state index in [4.69, 9.17) is 5.11 Å². The van der Waals surface area contributed by atoms with Crippen molar-refractivity contribution in [3.63, 3.8) is 0 Å². The highest BCUT2D eigenvalue weighted by Gasteiger charge is 1.75. The first-order valence-corrected chi connectivity index (χ1v) is 3.74. The monoisotopic (exact) mass is 290 g/mol. The number of hydrogen-bond donors (Lipinski definition) is 1. The molecule has 1 rings (SSSR count). The molecule has 0 aromatic heterocycles. The van der Waals surface area contributed by atoms with E-state index in [1.807, 2.05) is 36.4 Å². The second-order valence-corrected chi connectivity index (χ2v) is 2.09. The molecule has 0 bridgehead atoms. The van der Waals surface area contributed by atoms with Crippen molar-refractivity contribution in [2.45, 2.75) is 0 Å². The van der Waals surface area contributed by atoms with Crippen molar-refractivity contribution < 1.29 is 5.11 Å². The summed E-state index contributed by atoms with van der Waals surface area (Å²) in [6, 6.07) is 10.0. The molecule has 72 valence electrons. The van der Waals surface area contributed by atoms with Crippen LogP contribution in [-0.4, -0.2) is 11.7 Å². The van der Waals surface area contributed by atoms with Gasteiger partial charge in [-0.25, -0.2) is 0 Å². The fourth-order valence-electron chi connectivity index (χ4n) is 0.589. The second-order valence-electron chi connectivity index (χ2n) is 2.09. The van der Waals surface area contributed by atoms with Crippen LogP contribution in [0.4, 0.5) is 0 Å². The molecule has 0 atom stereocenters. The van der Waals surface area contributed by atoms with Gasteiger partial charge in [-0.2, -0.15) is 0 Å². The Labute approximate surface area is 96.8 Å². The van der Waals surface area contributed by atoms with Crippen LogP contribution < -0.4 is 0 Å². The van der Waals surface area contributed by atoms with E-state index >= 15 is 0 Å². The van der Waals surface area contributed by atoms with Gasteiger partial charge in [-0.1, -0.05) is 49.1 Å². The molecule has 13 heavy (non-hydrogen) atoms. The van der Waals surface area contributed by atoms with E-state index in [-0.39, 0.29) is 30.6 Å². The molecular formula is C11H15IO. The van der Waals surface area contributed by atoms with Crippen LogP contribution in [0.1, 0.15) is 5.56 Å². The summed E-state index contributed by atoms with van der Waals surface area (Å²) >= 11 is 0. The van der Waals surface area contributed by atoms with Gasteiger partial charge in [0.2, 0.25) is 0 Å². The van der Waals surface area contributed by atoms with E-state index in [1.54, 1.807) is 0 Å². The summed E-state index contributed by atoms with van der Waals surface area (Å²) in [5.41, 5.74) is 1.17. The van der Waals surface area contributed by atoms with Gasteiger partial charge < -0.3 is 5.11 Å². The van der Waals surface area contributed by atoms with E-state index in [1.165, 1.54) is 11.6 Å². The van der Waals surface area contributed by atoms with E-state index in [0.717, 1.165) is 0 Å². The van der Waals surface area contributed by atoms with Gasteiger partial charge in [0.05, 0.1) is 6.61 Å². The molecule has 1 aromatic rings. The summed E-state index contributed by atoms with van der Waals surface area (Å²) in [6.45, 7) is 6.94. The molecule has 0 unspecified atom stereocenters. The molecule has 0 spiro atoms. The minimum atomic E-state index is 0. The second kappa shape index (κ2) is 11.4. The molecule has 0 aliphatic rings. The molecule has 0 aliphatic carbocycles. The molecule has 1 N–H and O–H groups in total. The number of aliphatic hydroxyl groups excluding tert-OH is 1. The van der Waals surface area contributed by atoms with Crippen LogP contribution in [0.15, 0.2) is 49.6 Å². The van der Waals surface area contributed by atoms with Crippen molar-refractivity contribution in [1.82, 2.24) is 0 Å². The number of benzene rings is 1. The van der Waals surface area contributed by atoms with Crippen LogP contribution in [0.2, 0.25) is 0 Å². The fraction of sp³-hybridized carbons (Fsp3) is 0.0909. The van der Waals surface area contributed by atoms with Crippen LogP contribution in [0, 0.1) is 0 Å². The summed E-state index contributed by atoms with van der Waals surface area (Å²) in [5, 5.41) is 7.76. The third-order valence-corrected chi connectivity index (χ3v) is 1.16. The Balaban J connectivity index is 0. The van der Waals surface area contributed by atoms with Gasteiger partial charge in [0.25, 0.3) is 0 Å². The summed E-state index contributed by atoms with van der Waals surface area (Å²) in [4.78, 5) is 0. The zero-order valence-electron chi connectivity index (χ0n) is 7.52. The zero-order valence-corrected chi connectivity index (χ0v) is 9.85. The summed E-state index contributed by atoms with van der Waals surface area (Å²) < 4.78 is 0. The van der Waals surface area contributed by atoms with Gasteiger partial charge in [0.15, 0.2) is 0 Å². The Morgan fingerprint density at radius 3 is 1.85 bits per heavy atom. The third-order valence-electron chi connectivity index (χ3n) is 1.16. The minimum absolute atomic E-state index is 0. The van der Waals surface area contributed by atoms with E-state index in [9.17, 15) is 0 Å². The number of aliphatic hydroxyl groups is 1. The summed E-state index contributed by atoms with van der Waals surface area (Å²) in [6.07, 6.45) is 3.26.